The van der Waals surface area contributed by atoms with E-state index in [4.69, 9.17) is 16.9 Å². The zero-order chi connectivity index (χ0) is 12.7. The van der Waals surface area contributed by atoms with Crippen molar-refractivity contribution in [3.8, 4) is 18.1 Å². The first kappa shape index (κ1) is 13.8. The van der Waals surface area contributed by atoms with E-state index in [2.05, 4.69) is 9.45 Å². The summed E-state index contributed by atoms with van der Waals surface area (Å²) in [6.07, 6.45) is 5.64. The number of hydrogen-bond acceptors (Lipinski definition) is 3. The van der Waals surface area contributed by atoms with E-state index in [0.29, 0.717) is 12.2 Å². The minimum absolute atomic E-state index is 0.249. The van der Waals surface area contributed by atoms with Crippen LogP contribution in [0.5, 0.6) is 5.75 Å². The number of halogens is 1. The van der Waals surface area contributed by atoms with Crippen LogP contribution in [0.2, 0.25) is 0 Å². The van der Waals surface area contributed by atoms with Gasteiger partial charge in [-0.05, 0) is 24.1 Å². The number of nitrogens with one attached hydrogen (secondary N) is 1. The number of hydrogen-bond donors (Lipinski definition) is 2. The minimum Gasteiger partial charge on any atom is -0.481 e. The van der Waals surface area contributed by atoms with Crippen LogP contribution in [0.1, 0.15) is 5.56 Å². The summed E-state index contributed by atoms with van der Waals surface area (Å²) in [7, 11) is 0. The molecule has 5 heteroatoms. The van der Waals surface area contributed by atoms with Crippen molar-refractivity contribution in [1.29, 1.82) is 0 Å². The molecule has 90 valence electrons. The maximum Gasteiger partial charge on any atom is 0.235 e. The third kappa shape index (κ3) is 4.63. The molecule has 0 saturated carbocycles. The molecular weight excluding hydrogens is 331 g/mol. The van der Waals surface area contributed by atoms with Gasteiger partial charge in [-0.15, -0.1) is 6.42 Å². The molecule has 0 saturated heterocycles. The molecule has 0 aliphatic heterocycles. The second-order valence-electron chi connectivity index (χ2n) is 3.40. The van der Waals surface area contributed by atoms with Gasteiger partial charge in [0.1, 0.15) is 12.4 Å². The van der Waals surface area contributed by atoms with E-state index in [0.717, 1.165) is 5.56 Å². The Hall–Kier alpha value is -1.26. The van der Waals surface area contributed by atoms with Gasteiger partial charge in [-0.1, -0.05) is 18.1 Å². The van der Waals surface area contributed by atoms with Gasteiger partial charge in [-0.25, -0.2) is 3.53 Å². The molecule has 1 unspecified atom stereocenters. The summed E-state index contributed by atoms with van der Waals surface area (Å²) in [6, 6.07) is 7.04. The standard InChI is InChI=1S/C12H13IN2O2/c1-2-7-17-10-5-3-9(4-6-10)8-11(15-13)12(14)16/h1,3-6,11,15H,7-8H2,(H2,14,16). The van der Waals surface area contributed by atoms with E-state index in [1.165, 1.54) is 0 Å². The molecule has 0 heterocycles. The Labute approximate surface area is 114 Å². The van der Waals surface area contributed by atoms with Gasteiger partial charge in [-0.2, -0.15) is 0 Å². The average Bonchev–Trinajstić information content (AvgIpc) is 2.34. The number of amides is 1. The number of carbonyl (C=O) groups is 1. The van der Waals surface area contributed by atoms with Gasteiger partial charge in [-0.3, -0.25) is 4.79 Å². The molecule has 4 nitrogen and oxygen atoms in total. The molecule has 1 aromatic rings. The van der Waals surface area contributed by atoms with Gasteiger partial charge in [0.2, 0.25) is 5.91 Å². The lowest BCUT2D eigenvalue weighted by atomic mass is 10.1. The Morgan fingerprint density at radius 3 is 2.65 bits per heavy atom. The lowest BCUT2D eigenvalue weighted by molar-refractivity contribution is -0.119. The van der Waals surface area contributed by atoms with Crippen molar-refractivity contribution in [3.63, 3.8) is 0 Å². The Bertz CT molecular complexity index is 412. The SMILES string of the molecule is C#CCOc1ccc(CC(NI)C(N)=O)cc1. The smallest absolute Gasteiger partial charge is 0.235 e. The summed E-state index contributed by atoms with van der Waals surface area (Å²) in [5, 5.41) is 0. The van der Waals surface area contributed by atoms with Crippen molar-refractivity contribution < 1.29 is 9.53 Å². The van der Waals surface area contributed by atoms with E-state index in [1.807, 2.05) is 47.1 Å². The average molecular weight is 344 g/mol. The molecule has 0 radical (unpaired) electrons. The van der Waals surface area contributed by atoms with Gasteiger partial charge < -0.3 is 10.5 Å². The summed E-state index contributed by atoms with van der Waals surface area (Å²) >= 11 is 1.92. The Morgan fingerprint density at radius 1 is 1.53 bits per heavy atom. The third-order valence-electron chi connectivity index (χ3n) is 2.16. The largest absolute Gasteiger partial charge is 0.481 e. The zero-order valence-electron chi connectivity index (χ0n) is 9.15. The highest BCUT2D eigenvalue weighted by molar-refractivity contribution is 14.1. The first-order valence-electron chi connectivity index (χ1n) is 4.98. The normalized spacial score (nSPS) is 11.5. The topological polar surface area (TPSA) is 64.3 Å². The zero-order valence-corrected chi connectivity index (χ0v) is 11.3. The second kappa shape index (κ2) is 7.14. The van der Waals surface area contributed by atoms with Crippen LogP contribution in [0.25, 0.3) is 0 Å². The van der Waals surface area contributed by atoms with Crippen LogP contribution in [0.3, 0.4) is 0 Å². The summed E-state index contributed by atoms with van der Waals surface area (Å²) in [4.78, 5) is 11.1. The molecule has 3 N–H and O–H groups in total. The van der Waals surface area contributed by atoms with E-state index >= 15 is 0 Å². The van der Waals surface area contributed by atoms with Crippen molar-refractivity contribution in [2.45, 2.75) is 12.5 Å². The number of ether oxygens (including phenoxy) is 1. The summed E-state index contributed by atoms with van der Waals surface area (Å²) < 4.78 is 8.08. The van der Waals surface area contributed by atoms with E-state index in [9.17, 15) is 4.79 Å². The highest BCUT2D eigenvalue weighted by atomic mass is 127. The Morgan fingerprint density at radius 2 is 2.18 bits per heavy atom. The molecule has 0 aliphatic carbocycles. The molecule has 0 fully saturated rings. The molecule has 1 amide bonds. The van der Waals surface area contributed by atoms with Crippen LogP contribution in [0, 0.1) is 12.3 Å². The predicted octanol–water partition coefficient (Wildman–Crippen LogP) is 1.03. The lowest BCUT2D eigenvalue weighted by Crippen LogP contribution is -2.38. The van der Waals surface area contributed by atoms with Crippen LogP contribution in [-0.2, 0) is 11.2 Å². The monoisotopic (exact) mass is 344 g/mol. The van der Waals surface area contributed by atoms with Crippen LogP contribution in [0.15, 0.2) is 24.3 Å². The Kier molecular flexibility index (Phi) is 5.80. The molecule has 0 bridgehead atoms. The molecular formula is C12H13IN2O2. The number of primary amides is 1. The maximum absolute atomic E-state index is 11.1. The summed E-state index contributed by atoms with van der Waals surface area (Å²) in [5.74, 6) is 2.74. The highest BCUT2D eigenvalue weighted by Crippen LogP contribution is 2.13. The number of terminal acetylenes is 1. The summed E-state index contributed by atoms with van der Waals surface area (Å²) in [5.41, 5.74) is 6.24. The Balaban J connectivity index is 2.61. The molecule has 0 aromatic heterocycles. The van der Waals surface area contributed by atoms with Crippen molar-refractivity contribution in [1.82, 2.24) is 3.53 Å². The van der Waals surface area contributed by atoms with Crippen molar-refractivity contribution in [2.75, 3.05) is 6.61 Å². The molecule has 1 aromatic carbocycles. The molecule has 17 heavy (non-hydrogen) atoms. The van der Waals surface area contributed by atoms with Crippen LogP contribution < -0.4 is 14.0 Å². The van der Waals surface area contributed by atoms with Crippen LogP contribution >= 0.6 is 22.9 Å². The van der Waals surface area contributed by atoms with Gasteiger partial charge in [0, 0.05) is 22.9 Å². The third-order valence-corrected chi connectivity index (χ3v) is 2.91. The van der Waals surface area contributed by atoms with Crippen LogP contribution in [-0.4, -0.2) is 18.6 Å². The highest BCUT2D eigenvalue weighted by Gasteiger charge is 2.13. The van der Waals surface area contributed by atoms with E-state index in [-0.39, 0.29) is 18.6 Å². The number of benzene rings is 1. The lowest BCUT2D eigenvalue weighted by Gasteiger charge is -2.11. The van der Waals surface area contributed by atoms with Gasteiger partial charge in [0.05, 0.1) is 6.04 Å². The minimum atomic E-state index is -0.368. The van der Waals surface area contributed by atoms with Gasteiger partial charge >= 0.3 is 0 Å². The quantitative estimate of drug-likeness (QED) is 0.460. The first-order valence-corrected chi connectivity index (χ1v) is 6.06. The number of carbonyl (C=O) groups excluding carboxylic acids is 1. The fourth-order valence-corrected chi connectivity index (χ4v) is 1.80. The second-order valence-corrected chi connectivity index (χ2v) is 4.03. The fourth-order valence-electron chi connectivity index (χ4n) is 1.28. The van der Waals surface area contributed by atoms with E-state index in [1.54, 1.807) is 0 Å². The predicted molar refractivity (Wildman–Crippen MR) is 74.6 cm³/mol. The molecule has 1 atom stereocenters. The van der Waals surface area contributed by atoms with Crippen LogP contribution in [0.4, 0.5) is 0 Å². The van der Waals surface area contributed by atoms with Crippen molar-refractivity contribution in [3.05, 3.63) is 29.8 Å². The maximum atomic E-state index is 11.1. The number of rotatable bonds is 6. The molecule has 0 aliphatic rings. The van der Waals surface area contributed by atoms with Gasteiger partial charge in [0.25, 0.3) is 0 Å². The first-order chi connectivity index (χ1) is 8.17. The van der Waals surface area contributed by atoms with Crippen molar-refractivity contribution in [2.24, 2.45) is 5.73 Å². The number of nitrogens with two attached hydrogens (primary N) is 1. The van der Waals surface area contributed by atoms with Gasteiger partial charge in [0.15, 0.2) is 0 Å². The van der Waals surface area contributed by atoms with Crippen molar-refractivity contribution >= 4 is 28.8 Å². The fraction of sp³-hybridized carbons (Fsp3) is 0.250. The van der Waals surface area contributed by atoms with E-state index < -0.39 is 0 Å². The summed E-state index contributed by atoms with van der Waals surface area (Å²) in [6.45, 7) is 0.249. The molecule has 1 rings (SSSR count). The molecule has 0 spiro atoms.